The van der Waals surface area contributed by atoms with E-state index in [9.17, 15) is 17.6 Å². The summed E-state index contributed by atoms with van der Waals surface area (Å²) in [6.45, 7) is 1.68. The van der Waals surface area contributed by atoms with E-state index in [0.717, 1.165) is 12.1 Å². The van der Waals surface area contributed by atoms with Crippen molar-refractivity contribution in [2.45, 2.75) is 13.1 Å². The Balaban J connectivity index is 3.22. The lowest BCUT2D eigenvalue weighted by molar-refractivity contribution is -0.140. The molecule has 76 valence electrons. The van der Waals surface area contributed by atoms with Gasteiger partial charge in [0.15, 0.2) is 0 Å². The number of hydrogen-bond acceptors (Lipinski definition) is 0. The Kier molecular flexibility index (Phi) is 2.93. The average Bonchev–Trinajstić information content (AvgIpc) is 2.07. The Morgan fingerprint density at radius 1 is 1.21 bits per heavy atom. The van der Waals surface area contributed by atoms with Gasteiger partial charge in [0, 0.05) is 0 Å². The van der Waals surface area contributed by atoms with Gasteiger partial charge in [-0.3, -0.25) is 0 Å². The van der Waals surface area contributed by atoms with E-state index in [-0.39, 0.29) is 0 Å². The highest BCUT2D eigenvalue weighted by Gasteiger charge is 2.33. The highest BCUT2D eigenvalue weighted by atomic mass is 19.4. The van der Waals surface area contributed by atoms with E-state index in [1.54, 1.807) is 13.0 Å². The fourth-order valence-corrected chi connectivity index (χ4v) is 1.06. The van der Waals surface area contributed by atoms with Gasteiger partial charge in [0.05, 0.1) is 5.56 Å². The van der Waals surface area contributed by atoms with Crippen molar-refractivity contribution in [1.29, 1.82) is 0 Å². The molecule has 0 saturated carbocycles. The fourth-order valence-electron chi connectivity index (χ4n) is 1.06. The molecule has 0 saturated heterocycles. The van der Waals surface area contributed by atoms with E-state index in [2.05, 4.69) is 0 Å². The molecule has 1 aromatic rings. The molecule has 4 heteroatoms. The molecule has 0 aliphatic carbocycles. The first-order valence-electron chi connectivity index (χ1n) is 3.94. The molecule has 0 N–H and O–H groups in total. The van der Waals surface area contributed by atoms with Crippen LogP contribution in [-0.2, 0) is 6.18 Å². The maximum atomic E-state index is 12.8. The predicted octanol–water partition coefficient (Wildman–Crippen LogP) is 3.88. The van der Waals surface area contributed by atoms with Crippen LogP contribution < -0.4 is 0 Å². The summed E-state index contributed by atoms with van der Waals surface area (Å²) in [5.74, 6) is -1.24. The van der Waals surface area contributed by atoms with Crippen molar-refractivity contribution in [3.63, 3.8) is 0 Å². The molecule has 0 radical (unpaired) electrons. The average molecular weight is 204 g/mol. The Bertz CT molecular complexity index is 350. The zero-order valence-electron chi connectivity index (χ0n) is 7.40. The predicted molar refractivity (Wildman–Crippen MR) is 46.1 cm³/mol. The van der Waals surface area contributed by atoms with Gasteiger partial charge in [0.25, 0.3) is 0 Å². The van der Waals surface area contributed by atoms with Crippen LogP contribution in [0.2, 0.25) is 0 Å². The summed E-state index contributed by atoms with van der Waals surface area (Å²) in [4.78, 5) is 0. The number of alkyl halides is 3. The Morgan fingerprint density at radius 2 is 1.86 bits per heavy atom. The Hall–Kier alpha value is -1.32. The van der Waals surface area contributed by atoms with Crippen LogP contribution in [0.25, 0.3) is 6.08 Å². The van der Waals surface area contributed by atoms with Gasteiger partial charge in [0.1, 0.15) is 5.82 Å². The molecule has 1 aromatic carbocycles. The summed E-state index contributed by atoms with van der Waals surface area (Å²) >= 11 is 0. The molecule has 0 aliphatic rings. The van der Waals surface area contributed by atoms with Crippen LogP contribution in [0.1, 0.15) is 18.1 Å². The second-order valence-corrected chi connectivity index (χ2v) is 2.74. The largest absolute Gasteiger partial charge is 0.419 e. The maximum Gasteiger partial charge on any atom is 0.419 e. The summed E-state index contributed by atoms with van der Waals surface area (Å²) < 4.78 is 49.4. The monoisotopic (exact) mass is 204 g/mol. The molecule has 0 aromatic heterocycles. The molecule has 0 amide bonds. The van der Waals surface area contributed by atoms with Gasteiger partial charge in [-0.2, -0.15) is 13.2 Å². The first kappa shape index (κ1) is 10.8. The fraction of sp³-hybridized carbons (Fsp3) is 0.200. The molecule has 14 heavy (non-hydrogen) atoms. The second kappa shape index (κ2) is 3.82. The topological polar surface area (TPSA) is 0 Å². The second-order valence-electron chi connectivity index (χ2n) is 2.74. The normalized spacial score (nSPS) is 12.4. The van der Waals surface area contributed by atoms with Gasteiger partial charge >= 0.3 is 6.18 Å². The number of benzene rings is 1. The van der Waals surface area contributed by atoms with Gasteiger partial charge in [-0.25, -0.2) is 4.39 Å². The van der Waals surface area contributed by atoms with Gasteiger partial charge in [-0.1, -0.05) is 18.2 Å². The zero-order chi connectivity index (χ0) is 10.8. The van der Waals surface area contributed by atoms with Crippen LogP contribution in [0, 0.1) is 5.82 Å². The lowest BCUT2D eigenvalue weighted by Crippen LogP contribution is -2.08. The van der Waals surface area contributed by atoms with Crippen molar-refractivity contribution >= 4 is 6.08 Å². The van der Waals surface area contributed by atoms with Crippen molar-refractivity contribution in [2.75, 3.05) is 0 Å². The summed E-state index contributed by atoms with van der Waals surface area (Å²) in [5, 5.41) is 0. The molecule has 0 bridgehead atoms. The first-order chi connectivity index (χ1) is 6.45. The minimum atomic E-state index is -4.64. The maximum absolute atomic E-state index is 12.8. The lowest BCUT2D eigenvalue weighted by atomic mass is 10.1. The van der Waals surface area contributed by atoms with Crippen LogP contribution in [0.15, 0.2) is 24.3 Å². The van der Waals surface area contributed by atoms with Crippen LogP contribution in [0.4, 0.5) is 17.6 Å². The molecular formula is C10H8F4. The first-order valence-corrected chi connectivity index (χ1v) is 3.94. The van der Waals surface area contributed by atoms with Crippen molar-refractivity contribution in [3.8, 4) is 0 Å². The van der Waals surface area contributed by atoms with Gasteiger partial charge in [-0.05, 0) is 24.6 Å². The van der Waals surface area contributed by atoms with E-state index in [0.29, 0.717) is 5.56 Å². The minimum Gasteiger partial charge on any atom is -0.206 e. The van der Waals surface area contributed by atoms with Crippen molar-refractivity contribution in [3.05, 3.63) is 41.2 Å². The minimum absolute atomic E-state index is 0.334. The van der Waals surface area contributed by atoms with Crippen molar-refractivity contribution in [2.24, 2.45) is 0 Å². The molecule has 0 heterocycles. The van der Waals surface area contributed by atoms with Gasteiger partial charge in [-0.15, -0.1) is 0 Å². The highest BCUT2D eigenvalue weighted by Crippen LogP contribution is 2.32. The van der Waals surface area contributed by atoms with Crippen molar-refractivity contribution in [1.82, 2.24) is 0 Å². The van der Waals surface area contributed by atoms with E-state index in [4.69, 9.17) is 0 Å². The van der Waals surface area contributed by atoms with Gasteiger partial charge < -0.3 is 0 Å². The third-order valence-corrected chi connectivity index (χ3v) is 1.65. The third kappa shape index (κ3) is 2.34. The molecule has 1 rings (SSSR count). The van der Waals surface area contributed by atoms with E-state index >= 15 is 0 Å². The number of allylic oxidation sites excluding steroid dienone is 1. The standard InChI is InChI=1S/C10H8F4/c1-2-3-7-4-5-9(11)8(6-7)10(12,13)14/h2-6H,1H3. The molecule has 0 nitrogen and oxygen atoms in total. The molecule has 0 aliphatic heterocycles. The summed E-state index contributed by atoms with van der Waals surface area (Å²) in [7, 11) is 0. The van der Waals surface area contributed by atoms with E-state index < -0.39 is 17.6 Å². The SMILES string of the molecule is CC=Cc1ccc(F)c(C(F)(F)F)c1. The van der Waals surface area contributed by atoms with Crippen LogP contribution in [-0.4, -0.2) is 0 Å². The lowest BCUT2D eigenvalue weighted by Gasteiger charge is -2.08. The van der Waals surface area contributed by atoms with Gasteiger partial charge in [0.2, 0.25) is 0 Å². The van der Waals surface area contributed by atoms with Crippen molar-refractivity contribution < 1.29 is 17.6 Å². The summed E-state index contributed by atoms with van der Waals surface area (Å²) in [5.41, 5.74) is -0.894. The molecule has 0 fully saturated rings. The van der Waals surface area contributed by atoms with Crippen LogP contribution in [0.5, 0.6) is 0 Å². The van der Waals surface area contributed by atoms with E-state index in [1.165, 1.54) is 12.1 Å². The molecular weight excluding hydrogens is 196 g/mol. The molecule has 0 spiro atoms. The number of halogens is 4. The summed E-state index contributed by atoms with van der Waals surface area (Å²) in [6.07, 6.45) is -1.57. The number of hydrogen-bond donors (Lipinski definition) is 0. The molecule has 0 unspecified atom stereocenters. The zero-order valence-corrected chi connectivity index (χ0v) is 7.40. The third-order valence-electron chi connectivity index (χ3n) is 1.65. The van der Waals surface area contributed by atoms with Crippen LogP contribution in [0.3, 0.4) is 0 Å². The number of rotatable bonds is 1. The smallest absolute Gasteiger partial charge is 0.206 e. The Morgan fingerprint density at radius 3 is 2.36 bits per heavy atom. The quantitative estimate of drug-likeness (QED) is 0.609. The summed E-state index contributed by atoms with van der Waals surface area (Å²) in [6, 6.07) is 2.90. The highest BCUT2D eigenvalue weighted by molar-refractivity contribution is 5.50. The Labute approximate surface area is 78.9 Å². The van der Waals surface area contributed by atoms with Crippen LogP contribution >= 0.6 is 0 Å². The molecule has 0 atom stereocenters. The van der Waals surface area contributed by atoms with E-state index in [1.807, 2.05) is 0 Å².